The van der Waals surface area contributed by atoms with Crippen LogP contribution in [0.5, 0.6) is 5.75 Å². The molecule has 2 aromatic carbocycles. The number of benzene rings is 2. The van der Waals surface area contributed by atoms with E-state index in [1.807, 2.05) is 19.1 Å². The summed E-state index contributed by atoms with van der Waals surface area (Å²) >= 11 is 0. The number of anilines is 1. The Bertz CT molecular complexity index is 1040. The Morgan fingerprint density at radius 1 is 1.26 bits per heavy atom. The van der Waals surface area contributed by atoms with Gasteiger partial charge in [0.2, 0.25) is 0 Å². The predicted octanol–water partition coefficient (Wildman–Crippen LogP) is 2.09. The van der Waals surface area contributed by atoms with Gasteiger partial charge in [0.15, 0.2) is 6.10 Å². The van der Waals surface area contributed by atoms with Crippen molar-refractivity contribution in [1.82, 2.24) is 10.2 Å². The van der Waals surface area contributed by atoms with E-state index in [0.29, 0.717) is 36.4 Å². The largest absolute Gasteiger partial charge is 0.478 e. The maximum atomic E-state index is 13.1. The number of amides is 2. The fourth-order valence-electron chi connectivity index (χ4n) is 4.88. The third-order valence-corrected chi connectivity index (χ3v) is 6.82. The summed E-state index contributed by atoms with van der Waals surface area (Å²) in [7, 11) is 0. The van der Waals surface area contributed by atoms with E-state index in [4.69, 9.17) is 4.74 Å². The lowest BCUT2D eigenvalue weighted by Crippen LogP contribution is -2.65. The molecule has 3 heterocycles. The second kappa shape index (κ2) is 7.66. The van der Waals surface area contributed by atoms with Crippen molar-refractivity contribution < 1.29 is 19.4 Å². The van der Waals surface area contributed by atoms with Crippen LogP contribution in [-0.2, 0) is 17.8 Å². The van der Waals surface area contributed by atoms with Crippen molar-refractivity contribution in [2.45, 2.75) is 50.5 Å². The molecule has 2 aromatic rings. The highest BCUT2D eigenvalue weighted by Crippen LogP contribution is 2.34. The molecular formula is C24H27N3O4. The van der Waals surface area contributed by atoms with Crippen LogP contribution in [0.3, 0.4) is 0 Å². The van der Waals surface area contributed by atoms with Gasteiger partial charge in [-0.15, -0.1) is 0 Å². The Morgan fingerprint density at radius 3 is 2.84 bits per heavy atom. The lowest BCUT2D eigenvalue weighted by atomic mass is 9.76. The number of hydrogen-bond donors (Lipinski definition) is 3. The van der Waals surface area contributed by atoms with Gasteiger partial charge in [0.05, 0.1) is 17.3 Å². The molecular weight excluding hydrogens is 394 g/mol. The normalized spacial score (nSPS) is 27.2. The van der Waals surface area contributed by atoms with Gasteiger partial charge in [-0.1, -0.05) is 31.2 Å². The van der Waals surface area contributed by atoms with E-state index in [-0.39, 0.29) is 18.4 Å². The molecule has 0 bridgehead atoms. The number of β-amino-alcohol motifs (C(OH)–C–C–N with tert-alkyl or cyclic N) is 1. The minimum absolute atomic E-state index is 0.153. The first-order chi connectivity index (χ1) is 15.0. The molecule has 31 heavy (non-hydrogen) atoms. The average Bonchev–Trinajstić information content (AvgIpc) is 2.79. The van der Waals surface area contributed by atoms with E-state index < -0.39 is 17.7 Å². The molecule has 1 saturated heterocycles. The number of rotatable bonds is 2. The lowest BCUT2D eigenvalue weighted by Gasteiger charge is -2.48. The number of piperidine rings is 1. The van der Waals surface area contributed by atoms with Gasteiger partial charge in [0, 0.05) is 25.2 Å². The van der Waals surface area contributed by atoms with E-state index in [1.54, 1.807) is 23.1 Å². The zero-order chi connectivity index (χ0) is 21.6. The molecule has 7 nitrogen and oxygen atoms in total. The monoisotopic (exact) mass is 421 g/mol. The highest BCUT2D eigenvalue weighted by molar-refractivity contribution is 6.01. The molecule has 3 atom stereocenters. The van der Waals surface area contributed by atoms with Crippen LogP contribution < -0.4 is 15.4 Å². The smallest absolute Gasteiger partial charge is 0.265 e. The quantitative estimate of drug-likeness (QED) is 0.691. The Balaban J connectivity index is 1.30. The van der Waals surface area contributed by atoms with Gasteiger partial charge in [-0.05, 0) is 48.6 Å². The number of nitrogens with zero attached hydrogens (tertiary/aromatic N) is 1. The molecule has 1 unspecified atom stereocenters. The molecule has 0 aromatic heterocycles. The van der Waals surface area contributed by atoms with Gasteiger partial charge in [0.1, 0.15) is 5.75 Å². The number of ether oxygens (including phenoxy) is 1. The summed E-state index contributed by atoms with van der Waals surface area (Å²) in [6.45, 7) is 3.44. The summed E-state index contributed by atoms with van der Waals surface area (Å²) in [4.78, 5) is 26.9. The first-order valence-corrected chi connectivity index (χ1v) is 10.9. The first-order valence-electron chi connectivity index (χ1n) is 10.9. The number of carbonyl (C=O) groups excluding carboxylic acids is 2. The summed E-state index contributed by atoms with van der Waals surface area (Å²) in [6, 6.07) is 13.4. The summed E-state index contributed by atoms with van der Waals surface area (Å²) in [6.07, 6.45) is 0.850. The van der Waals surface area contributed by atoms with Gasteiger partial charge in [-0.3, -0.25) is 9.59 Å². The van der Waals surface area contributed by atoms with E-state index in [1.165, 1.54) is 11.1 Å². The van der Waals surface area contributed by atoms with E-state index in [9.17, 15) is 14.7 Å². The average molecular weight is 421 g/mol. The Kier molecular flexibility index (Phi) is 4.95. The van der Waals surface area contributed by atoms with Crippen LogP contribution in [0, 0.1) is 0 Å². The fourth-order valence-corrected chi connectivity index (χ4v) is 4.88. The van der Waals surface area contributed by atoms with Gasteiger partial charge in [-0.25, -0.2) is 0 Å². The molecule has 0 radical (unpaired) electrons. The van der Waals surface area contributed by atoms with Crippen molar-refractivity contribution in [2.24, 2.45) is 0 Å². The Hall–Kier alpha value is -2.90. The van der Waals surface area contributed by atoms with Crippen LogP contribution in [0.4, 0.5) is 5.69 Å². The summed E-state index contributed by atoms with van der Waals surface area (Å²) < 4.78 is 5.71. The highest BCUT2D eigenvalue weighted by Gasteiger charge is 2.45. The molecule has 3 aliphatic heterocycles. The third kappa shape index (κ3) is 3.47. The Labute approximate surface area is 181 Å². The van der Waals surface area contributed by atoms with Crippen LogP contribution in [0.15, 0.2) is 42.5 Å². The van der Waals surface area contributed by atoms with Gasteiger partial charge in [-0.2, -0.15) is 0 Å². The van der Waals surface area contributed by atoms with Gasteiger partial charge < -0.3 is 25.4 Å². The predicted molar refractivity (Wildman–Crippen MR) is 116 cm³/mol. The molecule has 0 saturated carbocycles. The topological polar surface area (TPSA) is 90.9 Å². The van der Waals surface area contributed by atoms with E-state index >= 15 is 0 Å². The Morgan fingerprint density at radius 2 is 2.06 bits per heavy atom. The molecule has 162 valence electrons. The van der Waals surface area contributed by atoms with Gasteiger partial charge in [0.25, 0.3) is 11.8 Å². The molecule has 7 heteroatoms. The SMILES string of the molecule is CCC1Oc2ccc(C(=O)N3CC[C@]4(Cc5ccccc5CN4)[C@H](O)C3)cc2NC1=O. The summed E-state index contributed by atoms with van der Waals surface area (Å²) in [5.74, 6) is 0.226. The number of aliphatic hydroxyl groups is 1. The second-order valence-corrected chi connectivity index (χ2v) is 8.69. The molecule has 3 aliphatic rings. The number of carbonyl (C=O) groups is 2. The second-order valence-electron chi connectivity index (χ2n) is 8.69. The zero-order valence-electron chi connectivity index (χ0n) is 17.6. The van der Waals surface area contributed by atoms with Crippen molar-refractivity contribution in [3.05, 3.63) is 59.2 Å². The minimum atomic E-state index is -0.662. The third-order valence-electron chi connectivity index (χ3n) is 6.82. The fraction of sp³-hybridized carbons (Fsp3) is 0.417. The summed E-state index contributed by atoms with van der Waals surface area (Å²) in [5, 5.41) is 17.4. The van der Waals surface area contributed by atoms with Crippen LogP contribution in [-0.4, -0.2) is 52.7 Å². The number of aliphatic hydroxyl groups excluding tert-OH is 1. The standard InChI is InChI=1S/C24H27N3O4/c1-2-19-22(29)26-18-11-15(7-8-20(18)31-19)23(30)27-10-9-24(21(28)14-27)12-16-5-3-4-6-17(16)13-25-24/h3-8,11,19,21,25,28H,2,9-10,12-14H2,1H3,(H,26,29)/t19?,21-,24+/m1/s1. The van der Waals surface area contributed by atoms with E-state index in [0.717, 1.165) is 13.0 Å². The van der Waals surface area contributed by atoms with Crippen molar-refractivity contribution >= 4 is 17.5 Å². The maximum absolute atomic E-state index is 13.1. The van der Waals surface area contributed by atoms with Crippen molar-refractivity contribution in [1.29, 1.82) is 0 Å². The minimum Gasteiger partial charge on any atom is -0.478 e. The maximum Gasteiger partial charge on any atom is 0.265 e. The highest BCUT2D eigenvalue weighted by atomic mass is 16.5. The number of fused-ring (bicyclic) bond motifs is 2. The number of likely N-dealkylation sites (tertiary alicyclic amines) is 1. The van der Waals surface area contributed by atoms with Crippen LogP contribution in [0.25, 0.3) is 0 Å². The van der Waals surface area contributed by atoms with Crippen molar-refractivity contribution in [3.8, 4) is 5.75 Å². The van der Waals surface area contributed by atoms with Crippen LogP contribution in [0.2, 0.25) is 0 Å². The van der Waals surface area contributed by atoms with Crippen molar-refractivity contribution in [2.75, 3.05) is 18.4 Å². The van der Waals surface area contributed by atoms with Crippen molar-refractivity contribution in [3.63, 3.8) is 0 Å². The molecule has 1 fully saturated rings. The number of hydrogen-bond acceptors (Lipinski definition) is 5. The van der Waals surface area contributed by atoms with Crippen LogP contribution >= 0.6 is 0 Å². The molecule has 3 N–H and O–H groups in total. The molecule has 0 aliphatic carbocycles. The number of nitrogens with one attached hydrogen (secondary N) is 2. The first kappa shape index (κ1) is 20.0. The lowest BCUT2D eigenvalue weighted by molar-refractivity contribution is -0.123. The molecule has 5 rings (SSSR count). The zero-order valence-corrected chi connectivity index (χ0v) is 17.6. The molecule has 2 amide bonds. The van der Waals surface area contributed by atoms with E-state index in [2.05, 4.69) is 22.8 Å². The summed E-state index contributed by atoms with van der Waals surface area (Å²) in [5.41, 5.74) is 3.11. The molecule has 1 spiro atoms. The van der Waals surface area contributed by atoms with Crippen LogP contribution in [0.1, 0.15) is 41.3 Å². The van der Waals surface area contributed by atoms with Gasteiger partial charge >= 0.3 is 0 Å².